The van der Waals surface area contributed by atoms with E-state index < -0.39 is 10.0 Å². The second-order valence-corrected chi connectivity index (χ2v) is 6.97. The molecule has 1 aliphatic heterocycles. The second kappa shape index (κ2) is 5.16. The summed E-state index contributed by atoms with van der Waals surface area (Å²) in [5.41, 5.74) is 2.99. The lowest BCUT2D eigenvalue weighted by molar-refractivity contribution is 0.589. The Kier molecular flexibility index (Phi) is 3.46. The highest BCUT2D eigenvalue weighted by molar-refractivity contribution is 7.92. The number of rotatable bonds is 4. The smallest absolute Gasteiger partial charge is 0.281 e. The number of aromatic nitrogens is 2. The molecule has 1 aromatic carbocycles. The van der Waals surface area contributed by atoms with Gasteiger partial charge in [-0.05, 0) is 37.6 Å². The fraction of sp³-hybridized carbons (Fsp3) is 0.357. The molecule has 0 radical (unpaired) electrons. The number of benzene rings is 1. The quantitative estimate of drug-likeness (QED) is 0.896. The van der Waals surface area contributed by atoms with Crippen LogP contribution in [-0.2, 0) is 16.4 Å². The van der Waals surface area contributed by atoms with Crippen molar-refractivity contribution in [3.05, 3.63) is 41.9 Å². The minimum atomic E-state index is -3.55. The summed E-state index contributed by atoms with van der Waals surface area (Å²) in [7, 11) is -1.64. The number of anilines is 1. The molecule has 7 heteroatoms. The van der Waals surface area contributed by atoms with Crippen LogP contribution in [0.2, 0.25) is 0 Å². The highest BCUT2D eigenvalue weighted by atomic mass is 32.2. The first-order chi connectivity index (χ1) is 10.0. The molecule has 1 unspecified atom stereocenters. The third-order valence-corrected chi connectivity index (χ3v) is 5.67. The van der Waals surface area contributed by atoms with E-state index in [1.807, 2.05) is 19.2 Å². The maximum Gasteiger partial charge on any atom is 0.281 e. The number of fused-ring (bicyclic) bond motifs is 1. The predicted octanol–water partition coefficient (Wildman–Crippen LogP) is 1.44. The average molecular weight is 306 g/mol. The third-order valence-electron chi connectivity index (χ3n) is 3.93. The standard InChI is InChI=1S/C14H18N4O2S/c1-10(15-2)11-3-4-13-12(7-11)5-6-18(13)21(19,20)14-8-16-9-17-14/h3-4,7-10,15H,5-6H2,1-2H3,(H,16,17). The third kappa shape index (κ3) is 2.32. The van der Waals surface area contributed by atoms with Crippen LogP contribution < -0.4 is 9.62 Å². The van der Waals surface area contributed by atoms with Gasteiger partial charge in [0, 0.05) is 12.6 Å². The Morgan fingerprint density at radius 3 is 2.90 bits per heavy atom. The molecule has 1 aliphatic rings. The van der Waals surface area contributed by atoms with Gasteiger partial charge in [0.25, 0.3) is 10.0 Å². The van der Waals surface area contributed by atoms with Crippen LogP contribution >= 0.6 is 0 Å². The summed E-state index contributed by atoms with van der Waals surface area (Å²) in [6.45, 7) is 2.55. The van der Waals surface area contributed by atoms with E-state index in [2.05, 4.69) is 28.3 Å². The fourth-order valence-corrected chi connectivity index (χ4v) is 3.98. The molecule has 21 heavy (non-hydrogen) atoms. The minimum absolute atomic E-state index is 0.128. The monoisotopic (exact) mass is 306 g/mol. The van der Waals surface area contributed by atoms with E-state index in [4.69, 9.17) is 0 Å². The van der Waals surface area contributed by atoms with Gasteiger partial charge < -0.3 is 10.3 Å². The minimum Gasteiger partial charge on any atom is -0.334 e. The van der Waals surface area contributed by atoms with Gasteiger partial charge in [-0.25, -0.2) is 4.98 Å². The van der Waals surface area contributed by atoms with Crippen LogP contribution in [0, 0.1) is 0 Å². The highest BCUT2D eigenvalue weighted by Gasteiger charge is 2.31. The van der Waals surface area contributed by atoms with Crippen LogP contribution in [0.5, 0.6) is 0 Å². The molecule has 0 amide bonds. The van der Waals surface area contributed by atoms with Gasteiger partial charge in [-0.1, -0.05) is 12.1 Å². The van der Waals surface area contributed by atoms with Crippen LogP contribution in [0.3, 0.4) is 0 Å². The van der Waals surface area contributed by atoms with Gasteiger partial charge in [-0.2, -0.15) is 8.42 Å². The largest absolute Gasteiger partial charge is 0.334 e. The molecule has 1 atom stereocenters. The number of sulfonamides is 1. The normalized spacial score (nSPS) is 16.0. The molecule has 6 nitrogen and oxygen atoms in total. The van der Waals surface area contributed by atoms with Gasteiger partial charge in [0.15, 0.2) is 5.03 Å². The Hall–Kier alpha value is -1.86. The maximum absolute atomic E-state index is 12.6. The summed E-state index contributed by atoms with van der Waals surface area (Å²) in [6, 6.07) is 6.19. The van der Waals surface area contributed by atoms with Crippen LogP contribution in [0.25, 0.3) is 0 Å². The number of nitrogens with zero attached hydrogens (tertiary/aromatic N) is 2. The molecule has 112 valence electrons. The first-order valence-corrected chi connectivity index (χ1v) is 8.29. The van der Waals surface area contributed by atoms with Crippen molar-refractivity contribution in [2.75, 3.05) is 17.9 Å². The molecule has 0 bridgehead atoms. The lowest BCUT2D eigenvalue weighted by Gasteiger charge is -2.19. The topological polar surface area (TPSA) is 78.1 Å². The highest BCUT2D eigenvalue weighted by Crippen LogP contribution is 2.34. The van der Waals surface area contributed by atoms with E-state index in [1.165, 1.54) is 16.8 Å². The summed E-state index contributed by atoms with van der Waals surface area (Å²) in [5.74, 6) is 0. The molecule has 1 aromatic heterocycles. The number of aromatic amines is 1. The summed E-state index contributed by atoms with van der Waals surface area (Å²) in [5, 5.41) is 3.32. The van der Waals surface area contributed by atoms with E-state index in [9.17, 15) is 8.42 Å². The Morgan fingerprint density at radius 2 is 2.24 bits per heavy atom. The van der Waals surface area contributed by atoms with Crippen molar-refractivity contribution >= 4 is 15.7 Å². The first-order valence-electron chi connectivity index (χ1n) is 6.85. The lowest BCUT2D eigenvalue weighted by atomic mass is 10.0. The molecule has 2 N–H and O–H groups in total. The van der Waals surface area contributed by atoms with Gasteiger partial charge in [0.2, 0.25) is 0 Å². The average Bonchev–Trinajstić information content (AvgIpc) is 3.15. The first kappa shape index (κ1) is 14.1. The van der Waals surface area contributed by atoms with Gasteiger partial charge in [0.05, 0.1) is 18.2 Å². The number of nitrogens with one attached hydrogen (secondary N) is 2. The Morgan fingerprint density at radius 1 is 1.43 bits per heavy atom. The van der Waals surface area contributed by atoms with E-state index >= 15 is 0 Å². The zero-order valence-corrected chi connectivity index (χ0v) is 12.8. The summed E-state index contributed by atoms with van der Waals surface area (Å²) >= 11 is 0. The van der Waals surface area contributed by atoms with Gasteiger partial charge in [-0.3, -0.25) is 4.31 Å². The number of imidazole rings is 1. The number of hydrogen-bond acceptors (Lipinski definition) is 4. The van der Waals surface area contributed by atoms with Crippen molar-refractivity contribution in [3.8, 4) is 0 Å². The van der Waals surface area contributed by atoms with Crippen LogP contribution in [0.4, 0.5) is 5.69 Å². The van der Waals surface area contributed by atoms with Crippen molar-refractivity contribution in [1.82, 2.24) is 15.3 Å². The Balaban J connectivity index is 1.98. The molecule has 3 rings (SSSR count). The molecular formula is C14H18N4O2S. The summed E-state index contributed by atoms with van der Waals surface area (Å²) < 4.78 is 26.6. The predicted molar refractivity (Wildman–Crippen MR) is 80.7 cm³/mol. The molecule has 0 aliphatic carbocycles. The molecule has 2 aromatic rings. The Labute approximate surface area is 124 Å². The van der Waals surface area contributed by atoms with Gasteiger partial charge >= 0.3 is 0 Å². The molecule has 0 spiro atoms. The molecule has 0 fully saturated rings. The van der Waals surface area contributed by atoms with E-state index in [0.29, 0.717) is 6.54 Å². The van der Waals surface area contributed by atoms with E-state index in [1.54, 1.807) is 0 Å². The van der Waals surface area contributed by atoms with Gasteiger partial charge in [0.1, 0.15) is 0 Å². The van der Waals surface area contributed by atoms with Crippen molar-refractivity contribution < 1.29 is 8.42 Å². The summed E-state index contributed by atoms with van der Waals surface area (Å²) in [4.78, 5) is 6.47. The van der Waals surface area contributed by atoms with E-state index in [-0.39, 0.29) is 11.1 Å². The fourth-order valence-electron chi connectivity index (χ4n) is 2.58. The molecule has 0 saturated carbocycles. The summed E-state index contributed by atoms with van der Waals surface area (Å²) in [6.07, 6.45) is 3.44. The second-order valence-electron chi connectivity index (χ2n) is 5.14. The zero-order valence-electron chi connectivity index (χ0n) is 12.0. The van der Waals surface area contributed by atoms with Crippen molar-refractivity contribution in [3.63, 3.8) is 0 Å². The maximum atomic E-state index is 12.6. The molecular weight excluding hydrogens is 288 g/mol. The van der Waals surface area contributed by atoms with Crippen LogP contribution in [-0.4, -0.2) is 32.0 Å². The number of hydrogen-bond donors (Lipinski definition) is 2. The lowest BCUT2D eigenvalue weighted by Crippen LogP contribution is -2.29. The van der Waals surface area contributed by atoms with Crippen LogP contribution in [0.1, 0.15) is 24.1 Å². The van der Waals surface area contributed by atoms with Crippen molar-refractivity contribution in [2.45, 2.75) is 24.4 Å². The molecule has 2 heterocycles. The molecule has 0 saturated heterocycles. The van der Waals surface area contributed by atoms with E-state index in [0.717, 1.165) is 23.2 Å². The Bertz CT molecular complexity index is 740. The van der Waals surface area contributed by atoms with Crippen LogP contribution in [0.15, 0.2) is 35.7 Å². The SMILES string of the molecule is CNC(C)c1ccc2c(c1)CCN2S(=O)(=O)c1cnc[nH]1. The van der Waals surface area contributed by atoms with Crippen molar-refractivity contribution in [2.24, 2.45) is 0 Å². The zero-order chi connectivity index (χ0) is 15.0. The number of H-pyrrole nitrogens is 1. The van der Waals surface area contributed by atoms with Gasteiger partial charge in [-0.15, -0.1) is 0 Å². The van der Waals surface area contributed by atoms with Crippen molar-refractivity contribution in [1.29, 1.82) is 0 Å².